The van der Waals surface area contributed by atoms with Crippen molar-refractivity contribution >= 4 is 11.8 Å². The van der Waals surface area contributed by atoms with Crippen molar-refractivity contribution < 1.29 is 19.1 Å². The number of nitrogens with one attached hydrogen (secondary N) is 1. The highest BCUT2D eigenvalue weighted by Crippen LogP contribution is 2.24. The Labute approximate surface area is 190 Å². The molecule has 1 N–H and O–H groups in total. The molecule has 1 aliphatic rings. The van der Waals surface area contributed by atoms with Crippen LogP contribution in [0.25, 0.3) is 0 Å². The minimum Gasteiger partial charge on any atom is -0.484 e. The molecule has 0 bridgehead atoms. The minimum atomic E-state index is -0.239. The van der Waals surface area contributed by atoms with Crippen LogP contribution in [0.1, 0.15) is 26.3 Å². The fraction of sp³-hybridized carbons (Fsp3) is 0.440. The maximum absolute atomic E-state index is 12.5. The Morgan fingerprint density at radius 3 is 1.97 bits per heavy atom. The summed E-state index contributed by atoms with van der Waals surface area (Å²) in [6.07, 6.45) is 0. The molecule has 2 aromatic rings. The van der Waals surface area contributed by atoms with E-state index in [2.05, 4.69) is 10.2 Å². The number of piperazine rings is 1. The molecule has 2 amide bonds. The number of nitrogens with zero attached hydrogens (tertiary/aromatic N) is 2. The van der Waals surface area contributed by atoms with Gasteiger partial charge in [0.15, 0.2) is 6.61 Å². The summed E-state index contributed by atoms with van der Waals surface area (Å²) in [5.74, 6) is 2.06. The van der Waals surface area contributed by atoms with Crippen LogP contribution in [-0.4, -0.2) is 66.5 Å². The van der Waals surface area contributed by atoms with Crippen molar-refractivity contribution in [3.05, 3.63) is 54.1 Å². The summed E-state index contributed by atoms with van der Waals surface area (Å²) < 4.78 is 11.5. The van der Waals surface area contributed by atoms with Crippen molar-refractivity contribution in [1.29, 1.82) is 0 Å². The summed E-state index contributed by atoms with van der Waals surface area (Å²) in [5.41, 5.74) is 0.940. The van der Waals surface area contributed by atoms with Gasteiger partial charge >= 0.3 is 0 Å². The van der Waals surface area contributed by atoms with E-state index >= 15 is 0 Å². The second-order valence-corrected chi connectivity index (χ2v) is 9.13. The van der Waals surface area contributed by atoms with Crippen molar-refractivity contribution in [3.8, 4) is 17.2 Å². The lowest BCUT2D eigenvalue weighted by Crippen LogP contribution is -2.53. The van der Waals surface area contributed by atoms with E-state index in [0.29, 0.717) is 44.2 Å². The van der Waals surface area contributed by atoms with Crippen LogP contribution in [0, 0.1) is 6.92 Å². The fourth-order valence-electron chi connectivity index (χ4n) is 3.40. The first kappa shape index (κ1) is 23.6. The number of ether oxygens (including phenoxy) is 2. The minimum absolute atomic E-state index is 0.00964. The van der Waals surface area contributed by atoms with E-state index in [9.17, 15) is 9.59 Å². The number of carbonyl (C=O) groups excluding carboxylic acids is 2. The third kappa shape index (κ3) is 7.57. The van der Waals surface area contributed by atoms with Gasteiger partial charge in [0.2, 0.25) is 5.91 Å². The summed E-state index contributed by atoms with van der Waals surface area (Å²) in [4.78, 5) is 28.4. The number of rotatable bonds is 7. The average Bonchev–Trinajstić information content (AvgIpc) is 2.74. The molecular formula is C25H33N3O4. The van der Waals surface area contributed by atoms with Crippen molar-refractivity contribution in [1.82, 2.24) is 15.1 Å². The van der Waals surface area contributed by atoms with Gasteiger partial charge in [-0.25, -0.2) is 0 Å². The van der Waals surface area contributed by atoms with E-state index < -0.39 is 0 Å². The fourth-order valence-corrected chi connectivity index (χ4v) is 3.40. The predicted molar refractivity (Wildman–Crippen MR) is 124 cm³/mol. The number of hydrogen-bond donors (Lipinski definition) is 1. The Kier molecular flexibility index (Phi) is 7.75. The third-order valence-corrected chi connectivity index (χ3v) is 5.05. The molecular weight excluding hydrogens is 406 g/mol. The number of carbonyl (C=O) groups is 2. The molecule has 1 heterocycles. The smallest absolute Gasteiger partial charge is 0.260 e. The molecule has 0 radical (unpaired) electrons. The van der Waals surface area contributed by atoms with Crippen molar-refractivity contribution in [2.45, 2.75) is 33.2 Å². The summed E-state index contributed by atoms with van der Waals surface area (Å²) in [7, 11) is 0. The molecule has 0 aromatic heterocycles. The number of hydrogen-bond acceptors (Lipinski definition) is 5. The number of amides is 2. The topological polar surface area (TPSA) is 71.1 Å². The van der Waals surface area contributed by atoms with Crippen LogP contribution in [0.5, 0.6) is 17.2 Å². The zero-order valence-corrected chi connectivity index (χ0v) is 19.4. The van der Waals surface area contributed by atoms with Gasteiger partial charge in [0.1, 0.15) is 17.2 Å². The molecule has 1 aliphatic heterocycles. The van der Waals surface area contributed by atoms with Crippen LogP contribution in [0.3, 0.4) is 0 Å². The van der Waals surface area contributed by atoms with Crippen LogP contribution < -0.4 is 14.8 Å². The largest absolute Gasteiger partial charge is 0.484 e. The van der Waals surface area contributed by atoms with Gasteiger partial charge in [0.05, 0.1) is 6.54 Å². The lowest BCUT2D eigenvalue weighted by atomic mass is 10.1. The monoisotopic (exact) mass is 439 g/mol. The molecule has 0 aliphatic carbocycles. The average molecular weight is 440 g/mol. The van der Waals surface area contributed by atoms with Gasteiger partial charge in [0.25, 0.3) is 5.91 Å². The van der Waals surface area contributed by atoms with Gasteiger partial charge in [-0.05, 0) is 64.1 Å². The molecule has 32 heavy (non-hydrogen) atoms. The first-order valence-corrected chi connectivity index (χ1v) is 11.0. The third-order valence-electron chi connectivity index (χ3n) is 5.05. The van der Waals surface area contributed by atoms with Gasteiger partial charge < -0.3 is 19.7 Å². The Morgan fingerprint density at radius 2 is 1.41 bits per heavy atom. The molecule has 0 spiro atoms. The molecule has 0 saturated carbocycles. The van der Waals surface area contributed by atoms with Crippen LogP contribution in [-0.2, 0) is 9.59 Å². The number of aryl methyl sites for hydroxylation is 1. The van der Waals surface area contributed by atoms with Crippen molar-refractivity contribution in [3.63, 3.8) is 0 Å². The highest BCUT2D eigenvalue weighted by Gasteiger charge is 2.23. The normalized spacial score (nSPS) is 14.7. The van der Waals surface area contributed by atoms with E-state index in [1.54, 1.807) is 17.0 Å². The standard InChI is InChI=1S/C25H33N3O4/c1-19-5-7-21(8-6-19)32-22-11-9-20(10-12-22)31-18-24(30)28-15-13-27(14-16-28)17-23(29)26-25(2,3)4/h5-12H,13-18H2,1-4H3,(H,26,29). The first-order valence-electron chi connectivity index (χ1n) is 11.0. The summed E-state index contributed by atoms with van der Waals surface area (Å²) in [5, 5.41) is 2.97. The maximum Gasteiger partial charge on any atom is 0.260 e. The second kappa shape index (κ2) is 10.5. The first-order chi connectivity index (χ1) is 15.2. The van der Waals surface area contributed by atoms with E-state index in [0.717, 1.165) is 5.75 Å². The van der Waals surface area contributed by atoms with E-state index in [4.69, 9.17) is 9.47 Å². The predicted octanol–water partition coefficient (Wildman–Crippen LogP) is 3.23. The molecule has 0 unspecified atom stereocenters. The molecule has 7 heteroatoms. The molecule has 3 rings (SSSR count). The Balaban J connectivity index is 1.39. The molecule has 1 fully saturated rings. The molecule has 2 aromatic carbocycles. The Bertz CT molecular complexity index is 896. The summed E-state index contributed by atoms with van der Waals surface area (Å²) >= 11 is 0. The van der Waals surface area contributed by atoms with Crippen molar-refractivity contribution in [2.75, 3.05) is 39.3 Å². The van der Waals surface area contributed by atoms with Gasteiger partial charge in [-0.3, -0.25) is 14.5 Å². The highest BCUT2D eigenvalue weighted by molar-refractivity contribution is 5.79. The lowest BCUT2D eigenvalue weighted by molar-refractivity contribution is -0.135. The van der Waals surface area contributed by atoms with Crippen molar-refractivity contribution in [2.24, 2.45) is 0 Å². The number of benzene rings is 2. The molecule has 0 atom stereocenters. The molecule has 1 saturated heterocycles. The van der Waals surface area contributed by atoms with Gasteiger partial charge in [-0.1, -0.05) is 17.7 Å². The molecule has 7 nitrogen and oxygen atoms in total. The van der Waals surface area contributed by atoms with E-state index in [-0.39, 0.29) is 24.0 Å². The SMILES string of the molecule is Cc1ccc(Oc2ccc(OCC(=O)N3CCN(CC(=O)NC(C)(C)C)CC3)cc2)cc1. The summed E-state index contributed by atoms with van der Waals surface area (Å²) in [6.45, 7) is 10.8. The van der Waals surface area contributed by atoms with Crippen LogP contribution in [0.15, 0.2) is 48.5 Å². The Hall–Kier alpha value is -3.06. The van der Waals surface area contributed by atoms with Crippen LogP contribution >= 0.6 is 0 Å². The van der Waals surface area contributed by atoms with E-state index in [1.807, 2.05) is 64.1 Å². The van der Waals surface area contributed by atoms with Crippen LogP contribution in [0.4, 0.5) is 0 Å². The van der Waals surface area contributed by atoms with Crippen LogP contribution in [0.2, 0.25) is 0 Å². The quantitative estimate of drug-likeness (QED) is 0.717. The Morgan fingerprint density at radius 1 is 0.875 bits per heavy atom. The van der Waals surface area contributed by atoms with Gasteiger partial charge in [-0.2, -0.15) is 0 Å². The van der Waals surface area contributed by atoms with Gasteiger partial charge in [-0.15, -0.1) is 0 Å². The molecule has 172 valence electrons. The lowest BCUT2D eigenvalue weighted by Gasteiger charge is -2.34. The second-order valence-electron chi connectivity index (χ2n) is 9.13. The zero-order valence-electron chi connectivity index (χ0n) is 19.4. The maximum atomic E-state index is 12.5. The van der Waals surface area contributed by atoms with E-state index in [1.165, 1.54) is 5.56 Å². The van der Waals surface area contributed by atoms with Gasteiger partial charge in [0, 0.05) is 31.7 Å². The highest BCUT2D eigenvalue weighted by atomic mass is 16.5. The summed E-state index contributed by atoms with van der Waals surface area (Å²) in [6, 6.07) is 15.1. The zero-order chi connectivity index (χ0) is 23.1.